The van der Waals surface area contributed by atoms with Crippen molar-refractivity contribution in [2.24, 2.45) is 0 Å². The molecule has 0 bridgehead atoms. The van der Waals surface area contributed by atoms with Crippen molar-refractivity contribution in [3.63, 3.8) is 0 Å². The molecule has 0 saturated carbocycles. The summed E-state index contributed by atoms with van der Waals surface area (Å²) in [4.78, 5) is 33.3. The number of aromatic nitrogens is 2. The summed E-state index contributed by atoms with van der Waals surface area (Å²) in [5.41, 5.74) is 1.64. The lowest BCUT2D eigenvalue weighted by Crippen LogP contribution is -2.10. The molecule has 3 rings (SSSR count). The number of carbonyl (C=O) groups excluding carboxylic acids is 1. The standard InChI is InChI=1S/C17H15FN2O2S2/c1-8-6-11(4-5-12(8)18)13(21)7-23-17-19-15(22)14-9(2)10(3)24-16(14)20-17/h4-6H,7H2,1-3H3,(H,19,20,22). The van der Waals surface area contributed by atoms with Crippen LogP contribution in [0.2, 0.25) is 0 Å². The molecule has 3 aromatic rings. The highest BCUT2D eigenvalue weighted by Gasteiger charge is 2.14. The largest absolute Gasteiger partial charge is 0.301 e. The Morgan fingerprint density at radius 2 is 2.08 bits per heavy atom. The monoisotopic (exact) mass is 362 g/mol. The smallest absolute Gasteiger partial charge is 0.260 e. The summed E-state index contributed by atoms with van der Waals surface area (Å²) in [6.45, 7) is 5.47. The van der Waals surface area contributed by atoms with Gasteiger partial charge in [0.2, 0.25) is 0 Å². The number of nitrogens with zero attached hydrogens (tertiary/aromatic N) is 1. The van der Waals surface area contributed by atoms with Gasteiger partial charge in [-0.2, -0.15) is 0 Å². The minimum atomic E-state index is -0.334. The van der Waals surface area contributed by atoms with Crippen LogP contribution in [0.5, 0.6) is 0 Å². The van der Waals surface area contributed by atoms with E-state index >= 15 is 0 Å². The van der Waals surface area contributed by atoms with E-state index in [0.717, 1.165) is 10.4 Å². The maximum absolute atomic E-state index is 13.3. The second-order valence-corrected chi connectivity index (χ2v) is 7.68. The number of nitrogens with one attached hydrogen (secondary N) is 1. The van der Waals surface area contributed by atoms with Crippen LogP contribution in [-0.2, 0) is 0 Å². The van der Waals surface area contributed by atoms with Gasteiger partial charge in [0.25, 0.3) is 5.56 Å². The number of fused-ring (bicyclic) bond motifs is 1. The molecule has 0 unspecified atom stereocenters. The van der Waals surface area contributed by atoms with E-state index in [-0.39, 0.29) is 22.9 Å². The topological polar surface area (TPSA) is 62.8 Å². The zero-order valence-electron chi connectivity index (χ0n) is 13.4. The molecule has 0 aliphatic rings. The average molecular weight is 362 g/mol. The second-order valence-electron chi connectivity index (χ2n) is 5.51. The van der Waals surface area contributed by atoms with Gasteiger partial charge >= 0.3 is 0 Å². The molecule has 7 heteroatoms. The van der Waals surface area contributed by atoms with Crippen molar-refractivity contribution >= 4 is 39.1 Å². The van der Waals surface area contributed by atoms with Crippen molar-refractivity contribution in [1.82, 2.24) is 9.97 Å². The predicted molar refractivity (Wildman–Crippen MR) is 95.9 cm³/mol. The van der Waals surface area contributed by atoms with Gasteiger partial charge in [-0.25, -0.2) is 9.37 Å². The molecule has 0 aliphatic heterocycles. The van der Waals surface area contributed by atoms with E-state index in [0.29, 0.717) is 26.5 Å². The highest BCUT2D eigenvalue weighted by atomic mass is 32.2. The molecule has 124 valence electrons. The summed E-state index contributed by atoms with van der Waals surface area (Å²) >= 11 is 2.64. The van der Waals surface area contributed by atoms with E-state index in [1.54, 1.807) is 6.92 Å². The number of rotatable bonds is 4. The number of aromatic amines is 1. The molecule has 0 spiro atoms. The Balaban J connectivity index is 1.81. The van der Waals surface area contributed by atoms with Crippen LogP contribution in [0.15, 0.2) is 28.2 Å². The van der Waals surface area contributed by atoms with Crippen LogP contribution in [0.4, 0.5) is 4.39 Å². The summed E-state index contributed by atoms with van der Waals surface area (Å²) < 4.78 is 13.3. The number of carbonyl (C=O) groups is 1. The third-order valence-electron chi connectivity index (χ3n) is 3.84. The third-order valence-corrected chi connectivity index (χ3v) is 5.81. The molecule has 2 heterocycles. The Morgan fingerprint density at radius 1 is 1.33 bits per heavy atom. The van der Waals surface area contributed by atoms with E-state index in [2.05, 4.69) is 9.97 Å². The van der Waals surface area contributed by atoms with Crippen molar-refractivity contribution in [1.29, 1.82) is 0 Å². The number of Topliss-reactive ketones (excluding diaryl/α,β-unsaturated/α-hetero) is 1. The number of ketones is 1. The van der Waals surface area contributed by atoms with Gasteiger partial charge in [0.15, 0.2) is 10.9 Å². The lowest BCUT2D eigenvalue weighted by atomic mass is 10.1. The first-order valence-electron chi connectivity index (χ1n) is 7.29. The fraction of sp³-hybridized carbons (Fsp3) is 0.235. The summed E-state index contributed by atoms with van der Waals surface area (Å²) in [5, 5.41) is 1.03. The van der Waals surface area contributed by atoms with Gasteiger partial charge in [-0.3, -0.25) is 9.59 Å². The van der Waals surface area contributed by atoms with E-state index < -0.39 is 0 Å². The molecule has 1 N–H and O–H groups in total. The van der Waals surface area contributed by atoms with E-state index in [9.17, 15) is 14.0 Å². The molecular formula is C17H15FN2O2S2. The molecule has 2 aromatic heterocycles. The highest BCUT2D eigenvalue weighted by molar-refractivity contribution is 7.99. The number of benzene rings is 1. The van der Waals surface area contributed by atoms with Gasteiger partial charge < -0.3 is 4.98 Å². The van der Waals surface area contributed by atoms with Crippen LogP contribution in [-0.4, -0.2) is 21.5 Å². The van der Waals surface area contributed by atoms with Gasteiger partial charge in [-0.15, -0.1) is 11.3 Å². The van der Waals surface area contributed by atoms with E-state index in [1.165, 1.54) is 41.3 Å². The summed E-state index contributed by atoms with van der Waals surface area (Å²) in [5.74, 6) is -0.341. The number of halogens is 1. The van der Waals surface area contributed by atoms with Crippen LogP contribution >= 0.6 is 23.1 Å². The van der Waals surface area contributed by atoms with Gasteiger partial charge in [0.05, 0.1) is 11.1 Å². The predicted octanol–water partition coefficient (Wildman–Crippen LogP) is 4.02. The first kappa shape index (κ1) is 16.9. The van der Waals surface area contributed by atoms with Crippen molar-refractivity contribution in [2.45, 2.75) is 25.9 Å². The van der Waals surface area contributed by atoms with Crippen molar-refractivity contribution in [3.8, 4) is 0 Å². The van der Waals surface area contributed by atoms with Crippen LogP contribution in [0.1, 0.15) is 26.4 Å². The molecule has 4 nitrogen and oxygen atoms in total. The zero-order valence-corrected chi connectivity index (χ0v) is 15.0. The van der Waals surface area contributed by atoms with Gasteiger partial charge in [-0.05, 0) is 50.1 Å². The summed E-state index contributed by atoms with van der Waals surface area (Å²) in [6, 6.07) is 4.29. The van der Waals surface area contributed by atoms with E-state index in [4.69, 9.17) is 0 Å². The Morgan fingerprint density at radius 3 is 2.79 bits per heavy atom. The lowest BCUT2D eigenvalue weighted by Gasteiger charge is -2.03. The van der Waals surface area contributed by atoms with Gasteiger partial charge in [-0.1, -0.05) is 11.8 Å². The average Bonchev–Trinajstić information content (AvgIpc) is 2.82. The van der Waals surface area contributed by atoms with Gasteiger partial charge in [0, 0.05) is 10.4 Å². The fourth-order valence-corrected chi connectivity index (χ4v) is 4.18. The Bertz CT molecular complexity index is 1010. The molecule has 0 saturated heterocycles. The van der Waals surface area contributed by atoms with Crippen LogP contribution in [0, 0.1) is 26.6 Å². The first-order valence-corrected chi connectivity index (χ1v) is 9.09. The van der Waals surface area contributed by atoms with Crippen molar-refractivity contribution < 1.29 is 9.18 Å². The van der Waals surface area contributed by atoms with Crippen LogP contribution in [0.3, 0.4) is 0 Å². The van der Waals surface area contributed by atoms with Gasteiger partial charge in [0.1, 0.15) is 10.6 Å². The lowest BCUT2D eigenvalue weighted by molar-refractivity contribution is 0.102. The SMILES string of the molecule is Cc1cc(C(=O)CSc2nc3sc(C)c(C)c3c(=O)[nH]2)ccc1F. The molecule has 0 aliphatic carbocycles. The maximum Gasteiger partial charge on any atom is 0.260 e. The van der Waals surface area contributed by atoms with E-state index in [1.807, 2.05) is 13.8 Å². The second kappa shape index (κ2) is 6.49. The number of thiophene rings is 1. The molecule has 1 aromatic carbocycles. The summed E-state index contributed by atoms with van der Waals surface area (Å²) in [6.07, 6.45) is 0. The molecule has 0 fully saturated rings. The minimum Gasteiger partial charge on any atom is -0.301 e. The highest BCUT2D eigenvalue weighted by Crippen LogP contribution is 2.27. The third kappa shape index (κ3) is 3.14. The fourth-order valence-electron chi connectivity index (χ4n) is 2.34. The van der Waals surface area contributed by atoms with Crippen molar-refractivity contribution in [2.75, 3.05) is 5.75 Å². The van der Waals surface area contributed by atoms with Crippen molar-refractivity contribution in [3.05, 3.63) is 55.9 Å². The molecule has 0 amide bonds. The zero-order chi connectivity index (χ0) is 17.4. The first-order chi connectivity index (χ1) is 11.4. The van der Waals surface area contributed by atoms with Crippen LogP contribution in [0.25, 0.3) is 10.2 Å². The Hall–Kier alpha value is -1.99. The molecule has 0 atom stereocenters. The molecule has 0 radical (unpaired) electrons. The normalized spacial score (nSPS) is 11.2. The van der Waals surface area contributed by atoms with Crippen LogP contribution < -0.4 is 5.56 Å². The Kier molecular flexibility index (Phi) is 4.56. The quantitative estimate of drug-likeness (QED) is 0.432. The number of thioether (sulfide) groups is 1. The number of hydrogen-bond acceptors (Lipinski definition) is 5. The summed E-state index contributed by atoms with van der Waals surface area (Å²) in [7, 11) is 0. The number of H-pyrrole nitrogens is 1. The molecular weight excluding hydrogens is 347 g/mol. The number of hydrogen-bond donors (Lipinski definition) is 1. The number of aryl methyl sites for hydroxylation is 3. The maximum atomic E-state index is 13.3. The molecule has 24 heavy (non-hydrogen) atoms. The minimum absolute atomic E-state index is 0.128. The Labute approximate surface area is 146 Å².